The Morgan fingerprint density at radius 1 is 1.15 bits per heavy atom. The van der Waals surface area contributed by atoms with Gasteiger partial charge in [-0.05, 0) is 63.9 Å². The van der Waals surface area contributed by atoms with Crippen molar-refractivity contribution in [2.75, 3.05) is 18.0 Å². The molecular formula is C26H32ClN5O2. The van der Waals surface area contributed by atoms with Crippen LogP contribution in [-0.4, -0.2) is 46.0 Å². The van der Waals surface area contributed by atoms with Gasteiger partial charge in [-0.3, -0.25) is 4.79 Å². The lowest BCUT2D eigenvalue weighted by molar-refractivity contribution is -0.120. The van der Waals surface area contributed by atoms with Crippen molar-refractivity contribution in [3.05, 3.63) is 69.6 Å². The monoisotopic (exact) mass is 481 g/mol. The van der Waals surface area contributed by atoms with Crippen molar-refractivity contribution in [2.45, 2.75) is 59.8 Å². The number of hydrogen-bond donors (Lipinski definition) is 1. The summed E-state index contributed by atoms with van der Waals surface area (Å²) in [5, 5.41) is 8.35. The molecule has 1 aliphatic heterocycles. The third-order valence-corrected chi connectivity index (χ3v) is 6.63. The Bertz CT molecular complexity index is 1160. The van der Waals surface area contributed by atoms with Gasteiger partial charge in [-0.1, -0.05) is 23.7 Å². The Morgan fingerprint density at radius 3 is 2.53 bits per heavy atom. The Balaban J connectivity index is 1.37. The summed E-state index contributed by atoms with van der Waals surface area (Å²) in [4.78, 5) is 19.6. The van der Waals surface area contributed by atoms with E-state index in [1.165, 1.54) is 0 Å². The number of aromatic nitrogens is 3. The van der Waals surface area contributed by atoms with E-state index in [4.69, 9.17) is 16.3 Å². The van der Waals surface area contributed by atoms with E-state index in [9.17, 15) is 4.79 Å². The molecule has 8 heteroatoms. The van der Waals surface area contributed by atoms with E-state index in [2.05, 4.69) is 34.1 Å². The number of morpholine rings is 1. The number of anilines is 1. The fraction of sp³-hybridized carbons (Fsp3) is 0.423. The summed E-state index contributed by atoms with van der Waals surface area (Å²) >= 11 is 6.29. The van der Waals surface area contributed by atoms with E-state index < -0.39 is 0 Å². The van der Waals surface area contributed by atoms with Gasteiger partial charge in [0.1, 0.15) is 5.82 Å². The van der Waals surface area contributed by atoms with E-state index in [1.807, 2.05) is 62.0 Å². The van der Waals surface area contributed by atoms with Crippen molar-refractivity contribution in [3.8, 4) is 5.69 Å². The van der Waals surface area contributed by atoms with Gasteiger partial charge in [-0.15, -0.1) is 0 Å². The van der Waals surface area contributed by atoms with Crippen molar-refractivity contribution in [2.24, 2.45) is 0 Å². The lowest BCUT2D eigenvalue weighted by Gasteiger charge is -2.36. The van der Waals surface area contributed by atoms with Crippen LogP contribution in [0.1, 0.15) is 41.9 Å². The Hall–Kier alpha value is -2.90. The number of ether oxygens (including phenoxy) is 1. The minimum absolute atomic E-state index is 0.0485. The zero-order chi connectivity index (χ0) is 24.4. The lowest BCUT2D eigenvalue weighted by atomic mass is 10.1. The van der Waals surface area contributed by atoms with Crippen LogP contribution in [0.5, 0.6) is 0 Å². The molecule has 3 aromatic rings. The average molecular weight is 482 g/mol. The number of benzene rings is 1. The fourth-order valence-electron chi connectivity index (χ4n) is 4.39. The maximum absolute atomic E-state index is 12.7. The van der Waals surface area contributed by atoms with Crippen molar-refractivity contribution in [3.63, 3.8) is 0 Å². The number of rotatable bonds is 6. The molecule has 0 radical (unpaired) electrons. The predicted octanol–water partition coefficient (Wildman–Crippen LogP) is 4.32. The first-order valence-electron chi connectivity index (χ1n) is 11.6. The number of amides is 1. The van der Waals surface area contributed by atoms with Gasteiger partial charge in [0.2, 0.25) is 5.91 Å². The summed E-state index contributed by atoms with van der Waals surface area (Å²) in [6, 6.07) is 9.88. The molecule has 7 nitrogen and oxygen atoms in total. The number of carbonyl (C=O) groups excluding carboxylic acids is 1. The van der Waals surface area contributed by atoms with Crippen LogP contribution in [0, 0.1) is 20.8 Å². The molecule has 1 N–H and O–H groups in total. The van der Waals surface area contributed by atoms with Crippen LogP contribution in [0.15, 0.2) is 36.5 Å². The third-order valence-electron chi connectivity index (χ3n) is 6.22. The van der Waals surface area contributed by atoms with Gasteiger partial charge in [0, 0.05) is 42.1 Å². The molecule has 0 aliphatic carbocycles. The highest BCUT2D eigenvalue weighted by molar-refractivity contribution is 6.31. The standard InChI is InChI=1S/C26H32ClN5O2/c1-16-6-8-22(10-24(16)27)32-20(5)23(19(4)30-32)11-26(33)29-13-21-7-9-25(28-12-21)31-14-17(2)34-18(3)15-31/h6-10,12,17-18H,11,13-15H2,1-5H3,(H,29,33). The van der Waals surface area contributed by atoms with Gasteiger partial charge in [-0.2, -0.15) is 5.10 Å². The zero-order valence-corrected chi connectivity index (χ0v) is 21.2. The first-order valence-corrected chi connectivity index (χ1v) is 12.0. The zero-order valence-electron chi connectivity index (χ0n) is 20.4. The van der Waals surface area contributed by atoms with Gasteiger partial charge in [0.15, 0.2) is 0 Å². The van der Waals surface area contributed by atoms with Gasteiger partial charge in [0.05, 0.1) is 30.0 Å². The van der Waals surface area contributed by atoms with Crippen LogP contribution in [-0.2, 0) is 22.5 Å². The number of halogens is 1. The first-order chi connectivity index (χ1) is 16.2. The third kappa shape index (κ3) is 5.42. The topological polar surface area (TPSA) is 72.3 Å². The summed E-state index contributed by atoms with van der Waals surface area (Å²) < 4.78 is 7.65. The van der Waals surface area contributed by atoms with Crippen molar-refractivity contribution >= 4 is 23.3 Å². The van der Waals surface area contributed by atoms with E-state index in [0.717, 1.165) is 52.7 Å². The molecular weight excluding hydrogens is 450 g/mol. The SMILES string of the molecule is Cc1ccc(-n2nc(C)c(CC(=O)NCc3ccc(N4CC(C)OC(C)C4)nc3)c2C)cc1Cl. The highest BCUT2D eigenvalue weighted by Gasteiger charge is 2.23. The Morgan fingerprint density at radius 2 is 1.88 bits per heavy atom. The number of pyridine rings is 1. The van der Waals surface area contributed by atoms with Gasteiger partial charge in [0.25, 0.3) is 0 Å². The number of nitrogens with one attached hydrogen (secondary N) is 1. The molecule has 2 atom stereocenters. The van der Waals surface area contributed by atoms with E-state index in [0.29, 0.717) is 11.6 Å². The van der Waals surface area contributed by atoms with Crippen LogP contribution in [0.25, 0.3) is 5.69 Å². The summed E-state index contributed by atoms with van der Waals surface area (Å²) in [5.74, 6) is 0.888. The highest BCUT2D eigenvalue weighted by Crippen LogP contribution is 2.23. The molecule has 1 aliphatic rings. The van der Waals surface area contributed by atoms with Crippen LogP contribution in [0.2, 0.25) is 5.02 Å². The van der Waals surface area contributed by atoms with Gasteiger partial charge in [-0.25, -0.2) is 9.67 Å². The molecule has 0 spiro atoms. The summed E-state index contributed by atoms with van der Waals surface area (Å²) in [5.41, 5.74) is 5.57. The number of nitrogens with zero attached hydrogens (tertiary/aromatic N) is 4. The molecule has 1 saturated heterocycles. The minimum atomic E-state index is -0.0485. The highest BCUT2D eigenvalue weighted by atomic mass is 35.5. The predicted molar refractivity (Wildman–Crippen MR) is 135 cm³/mol. The maximum Gasteiger partial charge on any atom is 0.224 e. The molecule has 3 heterocycles. The quantitative estimate of drug-likeness (QED) is 0.567. The second kappa shape index (κ2) is 10.2. The summed E-state index contributed by atoms with van der Waals surface area (Å²) in [6.45, 7) is 12.1. The second-order valence-electron chi connectivity index (χ2n) is 9.14. The molecule has 34 heavy (non-hydrogen) atoms. The number of carbonyl (C=O) groups is 1. The number of hydrogen-bond acceptors (Lipinski definition) is 5. The molecule has 0 saturated carbocycles. The largest absolute Gasteiger partial charge is 0.372 e. The minimum Gasteiger partial charge on any atom is -0.372 e. The first kappa shape index (κ1) is 24.2. The molecule has 1 amide bonds. The average Bonchev–Trinajstić information content (AvgIpc) is 3.07. The maximum atomic E-state index is 12.7. The summed E-state index contributed by atoms with van der Waals surface area (Å²) in [6.07, 6.45) is 2.47. The smallest absolute Gasteiger partial charge is 0.224 e. The van der Waals surface area contributed by atoms with E-state index >= 15 is 0 Å². The molecule has 2 aromatic heterocycles. The van der Waals surface area contributed by atoms with E-state index in [-0.39, 0.29) is 24.5 Å². The van der Waals surface area contributed by atoms with E-state index in [1.54, 1.807) is 0 Å². The normalized spacial score (nSPS) is 18.2. The van der Waals surface area contributed by atoms with Crippen LogP contribution in [0.4, 0.5) is 5.82 Å². The second-order valence-corrected chi connectivity index (χ2v) is 9.54. The Kier molecular flexibility index (Phi) is 7.24. The molecule has 1 fully saturated rings. The lowest BCUT2D eigenvalue weighted by Crippen LogP contribution is -2.45. The molecule has 1 aromatic carbocycles. The Labute approximate surface area is 206 Å². The molecule has 0 bridgehead atoms. The van der Waals surface area contributed by atoms with Crippen LogP contribution >= 0.6 is 11.6 Å². The van der Waals surface area contributed by atoms with Gasteiger partial charge >= 0.3 is 0 Å². The number of aryl methyl sites for hydroxylation is 2. The van der Waals surface area contributed by atoms with Crippen molar-refractivity contribution in [1.82, 2.24) is 20.1 Å². The van der Waals surface area contributed by atoms with Crippen LogP contribution in [0.3, 0.4) is 0 Å². The van der Waals surface area contributed by atoms with Crippen LogP contribution < -0.4 is 10.2 Å². The summed E-state index contributed by atoms with van der Waals surface area (Å²) in [7, 11) is 0. The molecule has 4 rings (SSSR count). The van der Waals surface area contributed by atoms with Crippen molar-refractivity contribution in [1.29, 1.82) is 0 Å². The van der Waals surface area contributed by atoms with Crippen molar-refractivity contribution < 1.29 is 9.53 Å². The molecule has 180 valence electrons. The fourth-order valence-corrected chi connectivity index (χ4v) is 4.57. The molecule has 2 unspecified atom stereocenters. The van der Waals surface area contributed by atoms with Gasteiger partial charge < -0.3 is 15.0 Å².